The number of nitrogens with zero attached hydrogens (tertiary/aromatic N) is 1. The monoisotopic (exact) mass is 243 g/mol. The van der Waals surface area contributed by atoms with E-state index in [9.17, 15) is 14.4 Å². The fourth-order valence-corrected chi connectivity index (χ4v) is 1.66. The summed E-state index contributed by atoms with van der Waals surface area (Å²) in [6, 6.07) is -0.682. The molecule has 0 bridgehead atoms. The van der Waals surface area contributed by atoms with Gasteiger partial charge in [-0.2, -0.15) is 0 Å². The highest BCUT2D eigenvalue weighted by molar-refractivity contribution is 5.83. The van der Waals surface area contributed by atoms with Crippen molar-refractivity contribution in [2.75, 3.05) is 19.6 Å². The summed E-state index contributed by atoms with van der Waals surface area (Å²) in [4.78, 5) is 34.5. The minimum Gasteiger partial charge on any atom is -0.480 e. The molecule has 96 valence electrons. The molecule has 17 heavy (non-hydrogen) atoms. The van der Waals surface area contributed by atoms with Crippen molar-refractivity contribution in [3.63, 3.8) is 0 Å². The number of rotatable bonds is 5. The summed E-state index contributed by atoms with van der Waals surface area (Å²) >= 11 is 0. The lowest BCUT2D eigenvalue weighted by atomic mass is 10.2. The van der Waals surface area contributed by atoms with E-state index in [4.69, 9.17) is 5.11 Å². The van der Waals surface area contributed by atoms with Crippen molar-refractivity contribution >= 4 is 17.9 Å². The zero-order valence-electron chi connectivity index (χ0n) is 9.73. The van der Waals surface area contributed by atoms with Gasteiger partial charge in [-0.05, 0) is 6.42 Å². The third kappa shape index (κ3) is 4.29. The Kier molecular flexibility index (Phi) is 4.74. The second kappa shape index (κ2) is 6.07. The number of hydrogen-bond acceptors (Lipinski definition) is 3. The van der Waals surface area contributed by atoms with E-state index in [1.54, 1.807) is 0 Å². The minimum absolute atomic E-state index is 0.101. The highest BCUT2D eigenvalue weighted by Gasteiger charge is 2.25. The fraction of sp³-hybridized carbons (Fsp3) is 0.700. The number of carboxylic acids is 1. The van der Waals surface area contributed by atoms with E-state index in [1.807, 2.05) is 6.92 Å². The van der Waals surface area contributed by atoms with E-state index < -0.39 is 12.0 Å². The number of nitrogens with one attached hydrogen (secondary N) is 2. The summed E-state index contributed by atoms with van der Waals surface area (Å²) in [5, 5.41) is 13.9. The van der Waals surface area contributed by atoms with E-state index in [-0.39, 0.29) is 24.9 Å². The Morgan fingerprint density at radius 2 is 2.29 bits per heavy atom. The molecule has 1 aliphatic rings. The van der Waals surface area contributed by atoms with E-state index in [2.05, 4.69) is 10.6 Å². The van der Waals surface area contributed by atoms with Crippen molar-refractivity contribution in [1.82, 2.24) is 15.5 Å². The number of carbonyl (C=O) groups excluding carboxylic acids is 2. The Hall–Kier alpha value is -1.79. The van der Waals surface area contributed by atoms with Crippen LogP contribution in [0.15, 0.2) is 0 Å². The Labute approximate surface area is 99.2 Å². The van der Waals surface area contributed by atoms with E-state index >= 15 is 0 Å². The van der Waals surface area contributed by atoms with Gasteiger partial charge in [0.2, 0.25) is 5.91 Å². The Bertz CT molecular complexity index is 319. The first-order valence-electron chi connectivity index (χ1n) is 5.56. The van der Waals surface area contributed by atoms with Crippen LogP contribution >= 0.6 is 0 Å². The zero-order valence-corrected chi connectivity index (χ0v) is 9.73. The smallest absolute Gasteiger partial charge is 0.323 e. The van der Waals surface area contributed by atoms with Crippen LogP contribution in [0.5, 0.6) is 0 Å². The van der Waals surface area contributed by atoms with Crippen molar-refractivity contribution in [2.24, 2.45) is 0 Å². The van der Waals surface area contributed by atoms with Crippen LogP contribution in [0, 0.1) is 0 Å². The van der Waals surface area contributed by atoms with Gasteiger partial charge in [0, 0.05) is 19.5 Å². The average Bonchev–Trinajstić information content (AvgIpc) is 2.62. The van der Waals surface area contributed by atoms with Crippen molar-refractivity contribution in [3.05, 3.63) is 0 Å². The molecule has 3 N–H and O–H groups in total. The van der Waals surface area contributed by atoms with Crippen LogP contribution < -0.4 is 10.6 Å². The highest BCUT2D eigenvalue weighted by Crippen LogP contribution is 2.01. The SMILES string of the molecule is CCCN(CC(=O)O)C(=O)NC1CNC(=O)C1. The summed E-state index contributed by atoms with van der Waals surface area (Å²) in [7, 11) is 0. The molecular formula is C10H17N3O4. The third-order valence-electron chi connectivity index (χ3n) is 2.41. The van der Waals surface area contributed by atoms with Crippen molar-refractivity contribution in [2.45, 2.75) is 25.8 Å². The van der Waals surface area contributed by atoms with Gasteiger partial charge >= 0.3 is 12.0 Å². The molecule has 0 radical (unpaired) electrons. The van der Waals surface area contributed by atoms with Crippen molar-refractivity contribution in [1.29, 1.82) is 0 Å². The van der Waals surface area contributed by atoms with Crippen LogP contribution in [0.4, 0.5) is 4.79 Å². The van der Waals surface area contributed by atoms with Gasteiger partial charge in [-0.3, -0.25) is 9.59 Å². The molecule has 0 spiro atoms. The van der Waals surface area contributed by atoms with Gasteiger partial charge in [-0.15, -0.1) is 0 Å². The number of urea groups is 1. The molecule has 0 saturated carbocycles. The Morgan fingerprint density at radius 3 is 2.76 bits per heavy atom. The predicted octanol–water partition coefficient (Wildman–Crippen LogP) is -0.619. The molecule has 0 aromatic rings. The predicted molar refractivity (Wildman–Crippen MR) is 59.4 cm³/mol. The van der Waals surface area contributed by atoms with Crippen LogP contribution in [0.1, 0.15) is 19.8 Å². The summed E-state index contributed by atoms with van der Waals surface area (Å²) in [6.45, 7) is 2.32. The second-order valence-electron chi connectivity index (χ2n) is 3.97. The van der Waals surface area contributed by atoms with Gasteiger partial charge in [0.15, 0.2) is 0 Å². The van der Waals surface area contributed by atoms with Gasteiger partial charge in [-0.1, -0.05) is 6.92 Å². The first kappa shape index (κ1) is 13.3. The molecular weight excluding hydrogens is 226 g/mol. The lowest BCUT2D eigenvalue weighted by molar-refractivity contribution is -0.137. The summed E-state index contributed by atoms with van der Waals surface area (Å²) in [5.41, 5.74) is 0. The van der Waals surface area contributed by atoms with E-state index in [0.717, 1.165) is 0 Å². The molecule has 1 heterocycles. The number of aliphatic carboxylic acids is 1. The zero-order chi connectivity index (χ0) is 12.8. The summed E-state index contributed by atoms with van der Waals surface area (Å²) < 4.78 is 0. The molecule has 7 nitrogen and oxygen atoms in total. The molecule has 0 aromatic carbocycles. The van der Waals surface area contributed by atoms with Gasteiger partial charge in [0.25, 0.3) is 0 Å². The molecule has 1 aliphatic heterocycles. The quantitative estimate of drug-likeness (QED) is 0.599. The molecule has 1 atom stereocenters. The van der Waals surface area contributed by atoms with Gasteiger partial charge in [0.05, 0.1) is 6.04 Å². The summed E-state index contributed by atoms with van der Waals surface area (Å²) in [5.74, 6) is -1.15. The number of carboxylic acid groups (broad SMARTS) is 1. The number of carbonyl (C=O) groups is 3. The van der Waals surface area contributed by atoms with E-state index in [0.29, 0.717) is 19.5 Å². The molecule has 0 aromatic heterocycles. The van der Waals surface area contributed by atoms with Crippen molar-refractivity contribution < 1.29 is 19.5 Å². The number of amides is 3. The maximum atomic E-state index is 11.7. The molecule has 3 amide bonds. The first-order valence-corrected chi connectivity index (χ1v) is 5.56. The first-order chi connectivity index (χ1) is 8.02. The maximum Gasteiger partial charge on any atom is 0.323 e. The molecule has 1 saturated heterocycles. The molecule has 0 aliphatic carbocycles. The van der Waals surface area contributed by atoms with E-state index in [1.165, 1.54) is 4.90 Å². The highest BCUT2D eigenvalue weighted by atomic mass is 16.4. The van der Waals surface area contributed by atoms with Gasteiger partial charge in [-0.25, -0.2) is 4.79 Å². The largest absolute Gasteiger partial charge is 0.480 e. The average molecular weight is 243 g/mol. The normalized spacial score (nSPS) is 18.6. The molecule has 7 heteroatoms. The maximum absolute atomic E-state index is 11.7. The third-order valence-corrected chi connectivity index (χ3v) is 2.41. The minimum atomic E-state index is -1.05. The lowest BCUT2D eigenvalue weighted by Gasteiger charge is -2.22. The second-order valence-corrected chi connectivity index (χ2v) is 3.97. The van der Waals surface area contributed by atoms with Crippen LogP contribution in [0.3, 0.4) is 0 Å². The number of hydrogen-bond donors (Lipinski definition) is 3. The topological polar surface area (TPSA) is 98.7 Å². The van der Waals surface area contributed by atoms with Gasteiger partial charge in [0.1, 0.15) is 6.54 Å². The van der Waals surface area contributed by atoms with Crippen LogP contribution in [-0.2, 0) is 9.59 Å². The Morgan fingerprint density at radius 1 is 1.59 bits per heavy atom. The molecule has 1 rings (SSSR count). The molecule has 1 fully saturated rings. The summed E-state index contributed by atoms with van der Waals surface area (Å²) in [6.07, 6.45) is 0.932. The Balaban J connectivity index is 2.46. The molecule has 1 unspecified atom stereocenters. The van der Waals surface area contributed by atoms with Crippen LogP contribution in [0.25, 0.3) is 0 Å². The fourth-order valence-electron chi connectivity index (χ4n) is 1.66. The van der Waals surface area contributed by atoms with Gasteiger partial charge < -0.3 is 20.6 Å². The van der Waals surface area contributed by atoms with Crippen LogP contribution in [-0.4, -0.2) is 53.6 Å². The van der Waals surface area contributed by atoms with Crippen molar-refractivity contribution in [3.8, 4) is 0 Å². The lowest BCUT2D eigenvalue weighted by Crippen LogP contribution is -2.47. The van der Waals surface area contributed by atoms with Crippen LogP contribution in [0.2, 0.25) is 0 Å². The standard InChI is InChI=1S/C10H17N3O4/c1-2-3-13(6-9(15)16)10(17)12-7-4-8(14)11-5-7/h7H,2-6H2,1H3,(H,11,14)(H,12,17)(H,15,16).